The molecule has 11 heteroatoms. The molecule has 27 rings (SSSR count). The topological polar surface area (TPSA) is 97.6 Å². The van der Waals surface area contributed by atoms with Crippen LogP contribution in [0.5, 0.6) is 0 Å². The molecule has 0 atom stereocenters. The third-order valence-corrected chi connectivity index (χ3v) is 31.2. The standard InChI is InChI=1S/C57H40N2.C40H29N.C17H12BrN.C12H8BrI.C5H6N2O2/c1-56(2)49-23-8-3-19-43(49)47-30-28-40(34-53(47)56)59(55-27-12-7-18-42(55)38-16-13-15-37(33-38)39-17-14-32-58-36-39)41-29-31-48-46-22-6-11-26-52(46)57(54(48)35-41)50-24-9-4-20-44(50)45-21-5-10-25-51(45)57;1-39(2)33-15-7-3-11-27(33)31-21-19-25(23-37(31)39)41-26-20-22-32-30-14-6-10-18-36(30)40(38(32)24-26)34-16-8-4-12-28(34)29-13-5-9-17-35(29)40;18-17-9-2-1-8-16(17)14-6-3-5-13(11-14)15-7-4-10-19-12-15;13-12-7-2-1-6-11(12)9-4-3-5-10(14)8-9;8-7(9)5-2-1-3-6-4-5/h3-36H,1-2H3;3-24,41H,1-2H3;1-12H;1-8H;1-4,8-9H. The lowest BCUT2D eigenvalue weighted by molar-refractivity contribution is 0.0289. The largest absolute Gasteiger partial charge is 0.356 e. The molecule has 21 aromatic rings. The fourth-order valence-electron chi connectivity index (χ4n) is 22.8. The van der Waals surface area contributed by atoms with Crippen molar-refractivity contribution in [3.63, 3.8) is 0 Å². The van der Waals surface area contributed by atoms with Crippen molar-refractivity contribution in [1.82, 2.24) is 15.0 Å². The summed E-state index contributed by atoms with van der Waals surface area (Å²) in [5.41, 5.74) is 49.0. The van der Waals surface area contributed by atoms with Crippen LogP contribution in [-0.2, 0) is 21.7 Å². The Morgan fingerprint density at radius 2 is 0.528 bits per heavy atom. The minimum absolute atomic E-state index is 0.0208. The van der Waals surface area contributed by atoms with Crippen molar-refractivity contribution >= 4 is 88.6 Å². The summed E-state index contributed by atoms with van der Waals surface area (Å²) in [6, 6.07) is 163. The van der Waals surface area contributed by atoms with Gasteiger partial charge in [-0.05, 0) is 310 Å². The number of nitrogens with zero attached hydrogens (tertiary/aromatic N) is 5. The molecule has 0 bridgehead atoms. The lowest BCUT2D eigenvalue weighted by Crippen LogP contribution is -2.26. The number of aromatic nitrogens is 3. The SMILES string of the molecule is Brc1ccccc1-c1cccc(-c2cccnc2)c1.Brc1ccccc1-c1cccc(I)c1.CC1(C)c2ccccc2-c2ccc(N(c3ccc4c(c3)C3(c5ccccc5-c5ccccc53)c3ccccc3-4)c3ccccc3-c3cccc(-c4cccnc4)c3)cc21.CC1(C)c2ccccc2-c2ccc(Nc3ccc4c(c3)C3(c5ccccc5-c5ccccc53)c3ccccc3-4)cc21.ON(O)c1cccnc1. The summed E-state index contributed by atoms with van der Waals surface area (Å²) in [4.78, 5) is 14.8. The van der Waals surface area contributed by atoms with E-state index in [1.807, 2.05) is 42.9 Å². The van der Waals surface area contributed by atoms with E-state index in [-0.39, 0.29) is 27.2 Å². The van der Waals surface area contributed by atoms with Crippen molar-refractivity contribution < 1.29 is 10.4 Å². The number of benzene rings is 18. The van der Waals surface area contributed by atoms with Gasteiger partial charge >= 0.3 is 0 Å². The molecule has 3 aromatic heterocycles. The summed E-state index contributed by atoms with van der Waals surface area (Å²) >= 11 is 9.49. The van der Waals surface area contributed by atoms with Crippen LogP contribution in [0.2, 0.25) is 0 Å². The highest BCUT2D eigenvalue weighted by Gasteiger charge is 2.54. The van der Waals surface area contributed by atoms with Gasteiger partial charge in [0.2, 0.25) is 0 Å². The molecular formula is C131H95Br2IN6O2. The van der Waals surface area contributed by atoms with E-state index in [4.69, 9.17) is 10.4 Å². The molecule has 0 aliphatic heterocycles. The maximum Gasteiger partial charge on any atom is 0.113 e. The maximum atomic E-state index is 8.37. The summed E-state index contributed by atoms with van der Waals surface area (Å²) in [7, 11) is 0. The molecule has 3 N–H and O–H groups in total. The summed E-state index contributed by atoms with van der Waals surface area (Å²) in [5.74, 6) is 0. The van der Waals surface area contributed by atoms with E-state index in [9.17, 15) is 0 Å². The number of anilines is 6. The van der Waals surface area contributed by atoms with Crippen LogP contribution in [-0.4, -0.2) is 25.4 Å². The number of pyridine rings is 3. The van der Waals surface area contributed by atoms with Gasteiger partial charge in [0.15, 0.2) is 0 Å². The van der Waals surface area contributed by atoms with Gasteiger partial charge in [0.1, 0.15) is 5.69 Å². The molecule has 0 saturated carbocycles. The van der Waals surface area contributed by atoms with Crippen molar-refractivity contribution in [2.24, 2.45) is 0 Å². The number of fused-ring (bicyclic) bond motifs is 26. The molecule has 0 radical (unpaired) electrons. The second-order valence-electron chi connectivity index (χ2n) is 37.7. The highest BCUT2D eigenvalue weighted by Crippen LogP contribution is 2.66. The van der Waals surface area contributed by atoms with Gasteiger partial charge in [0.25, 0.3) is 0 Å². The van der Waals surface area contributed by atoms with Crippen molar-refractivity contribution in [1.29, 1.82) is 0 Å². The summed E-state index contributed by atoms with van der Waals surface area (Å²) in [6.45, 7) is 9.42. The van der Waals surface area contributed by atoms with Crippen LogP contribution in [0.4, 0.5) is 34.1 Å². The number of nitrogens with one attached hydrogen (secondary N) is 1. The number of hydrogen-bond donors (Lipinski definition) is 3. The molecule has 3 heterocycles. The minimum Gasteiger partial charge on any atom is -0.356 e. The first kappa shape index (κ1) is 90.3. The molecule has 0 fully saturated rings. The van der Waals surface area contributed by atoms with Crippen LogP contribution >= 0.6 is 54.5 Å². The lowest BCUT2D eigenvalue weighted by Gasteiger charge is -2.33. The molecule has 0 amide bonds. The molecule has 682 valence electrons. The number of rotatable bonds is 11. The highest BCUT2D eigenvalue weighted by molar-refractivity contribution is 14.1. The first-order chi connectivity index (χ1) is 69.5. The molecule has 6 aliphatic rings. The summed E-state index contributed by atoms with van der Waals surface area (Å²) in [6.07, 6.45) is 10.3. The Kier molecular flexibility index (Phi) is 23.9. The smallest absolute Gasteiger partial charge is 0.113 e. The van der Waals surface area contributed by atoms with Crippen molar-refractivity contribution in [2.75, 3.05) is 15.4 Å². The summed E-state index contributed by atoms with van der Waals surface area (Å²) in [5, 5.41) is 20.6. The van der Waals surface area contributed by atoms with Gasteiger partial charge in [-0.25, -0.2) is 0 Å². The fourth-order valence-corrected chi connectivity index (χ4v) is 24.4. The molecule has 142 heavy (non-hydrogen) atoms. The van der Waals surface area contributed by atoms with Crippen LogP contribution in [0.1, 0.15) is 94.5 Å². The average molecular weight is 2070 g/mol. The Morgan fingerprint density at radius 1 is 0.232 bits per heavy atom. The molecule has 18 aromatic carbocycles. The Hall–Kier alpha value is -15.6. The number of hydrogen-bond acceptors (Lipinski definition) is 8. The first-order valence-electron chi connectivity index (χ1n) is 47.9. The zero-order valence-corrected chi connectivity index (χ0v) is 83.8. The molecular weight excluding hydrogens is 1980 g/mol. The zero-order valence-electron chi connectivity index (χ0n) is 78.5. The lowest BCUT2D eigenvalue weighted by atomic mass is 9.70. The van der Waals surface area contributed by atoms with Gasteiger partial charge in [0, 0.05) is 93.8 Å². The van der Waals surface area contributed by atoms with Crippen LogP contribution in [0.15, 0.2) is 495 Å². The van der Waals surface area contributed by atoms with Gasteiger partial charge < -0.3 is 10.2 Å². The van der Waals surface area contributed by atoms with Crippen molar-refractivity contribution in [2.45, 2.75) is 49.4 Å². The van der Waals surface area contributed by atoms with Gasteiger partial charge in [-0.15, -0.1) is 5.23 Å². The minimum atomic E-state index is -0.445. The maximum absolute atomic E-state index is 8.37. The highest BCUT2D eigenvalue weighted by atomic mass is 127. The third-order valence-electron chi connectivity index (χ3n) is 29.2. The fraction of sp³-hybridized carbons (Fsp3) is 0.0611. The first-order valence-corrected chi connectivity index (χ1v) is 50.6. The van der Waals surface area contributed by atoms with Gasteiger partial charge in [0.05, 0.1) is 22.7 Å². The van der Waals surface area contributed by atoms with E-state index in [0.717, 1.165) is 65.2 Å². The molecule has 8 nitrogen and oxygen atoms in total. The summed E-state index contributed by atoms with van der Waals surface area (Å²) < 4.78 is 3.51. The van der Waals surface area contributed by atoms with E-state index in [1.54, 1.807) is 18.5 Å². The zero-order chi connectivity index (χ0) is 96.4. The Balaban J connectivity index is 0.000000115. The van der Waals surface area contributed by atoms with Gasteiger partial charge in [-0.2, -0.15) is 0 Å². The molecule has 0 saturated heterocycles. The van der Waals surface area contributed by atoms with E-state index in [2.05, 4.69) is 520 Å². The van der Waals surface area contributed by atoms with Crippen LogP contribution in [0, 0.1) is 3.57 Å². The second-order valence-corrected chi connectivity index (χ2v) is 40.6. The van der Waals surface area contributed by atoms with E-state index >= 15 is 0 Å². The van der Waals surface area contributed by atoms with E-state index in [1.165, 1.54) is 177 Å². The number of para-hydroxylation sites is 1. The average Bonchev–Trinajstić information content (AvgIpc) is 1.51. The molecule has 2 spiro atoms. The monoisotopic (exact) mass is 2070 g/mol. The van der Waals surface area contributed by atoms with E-state index in [0.29, 0.717) is 0 Å². The van der Waals surface area contributed by atoms with Gasteiger partial charge in [-0.3, -0.25) is 25.4 Å². The Bertz CT molecular complexity index is 8320. The van der Waals surface area contributed by atoms with Gasteiger partial charge in [-0.1, -0.05) is 393 Å². The second kappa shape index (κ2) is 37.5. The van der Waals surface area contributed by atoms with E-state index < -0.39 is 5.41 Å². The number of halogens is 3. The quantitative estimate of drug-likeness (QED) is 0.0870. The molecule has 0 unspecified atom stereocenters. The molecule has 6 aliphatic carbocycles. The van der Waals surface area contributed by atoms with Crippen LogP contribution in [0.25, 0.3) is 122 Å². The normalized spacial score (nSPS) is 13.3. The van der Waals surface area contributed by atoms with Crippen LogP contribution in [0.3, 0.4) is 0 Å². The van der Waals surface area contributed by atoms with Crippen molar-refractivity contribution in [3.05, 3.63) is 565 Å². The Labute approximate surface area is 859 Å². The van der Waals surface area contributed by atoms with Crippen LogP contribution < -0.4 is 15.4 Å². The van der Waals surface area contributed by atoms with Crippen molar-refractivity contribution in [3.8, 4) is 122 Å². The Morgan fingerprint density at radius 3 is 0.915 bits per heavy atom. The predicted octanol–water partition coefficient (Wildman–Crippen LogP) is 35.2. The third kappa shape index (κ3) is 15.7. The predicted molar refractivity (Wildman–Crippen MR) is 599 cm³/mol.